The van der Waals surface area contributed by atoms with E-state index in [0.717, 1.165) is 18.0 Å². The molecule has 1 saturated heterocycles. The number of nitrogens with zero attached hydrogens (tertiary/aromatic N) is 1. The minimum absolute atomic E-state index is 0.376. The van der Waals surface area contributed by atoms with Crippen LogP contribution in [0.25, 0.3) is 0 Å². The molecule has 4 atom stereocenters. The van der Waals surface area contributed by atoms with E-state index in [2.05, 4.69) is 18.7 Å². The van der Waals surface area contributed by atoms with E-state index < -0.39 is 0 Å². The van der Waals surface area contributed by atoms with Gasteiger partial charge in [0.25, 0.3) is 0 Å². The minimum Gasteiger partial charge on any atom is -0.328 e. The topological polar surface area (TPSA) is 29.3 Å². The Morgan fingerprint density at radius 2 is 1.78 bits per heavy atom. The highest BCUT2D eigenvalue weighted by Crippen LogP contribution is 2.36. The van der Waals surface area contributed by atoms with Crippen molar-refractivity contribution in [1.82, 2.24) is 4.90 Å². The van der Waals surface area contributed by atoms with Crippen LogP contribution in [0.15, 0.2) is 0 Å². The molecule has 0 aromatic heterocycles. The third kappa shape index (κ3) is 3.71. The first-order chi connectivity index (χ1) is 8.68. The second-order valence-corrected chi connectivity index (χ2v) is 6.75. The normalized spacial score (nSPS) is 32.8. The summed E-state index contributed by atoms with van der Waals surface area (Å²) in [4.78, 5) is 2.84. The van der Waals surface area contributed by atoms with Gasteiger partial charge in [0.2, 0.25) is 0 Å². The van der Waals surface area contributed by atoms with Crippen molar-refractivity contribution in [3.63, 3.8) is 0 Å². The lowest BCUT2D eigenvalue weighted by molar-refractivity contribution is 0.0279. The SMILES string of the molecule is CC(N)CCC[C@@H](C)N1CCCC2CCCCC21. The van der Waals surface area contributed by atoms with Gasteiger partial charge in [-0.1, -0.05) is 19.3 Å². The third-order valence-electron chi connectivity index (χ3n) is 5.13. The monoisotopic (exact) mass is 252 g/mol. The Balaban J connectivity index is 1.81. The van der Waals surface area contributed by atoms with Gasteiger partial charge < -0.3 is 5.73 Å². The molecule has 3 unspecified atom stereocenters. The molecule has 2 N–H and O–H groups in total. The molecule has 2 heteroatoms. The highest BCUT2D eigenvalue weighted by Gasteiger charge is 2.34. The van der Waals surface area contributed by atoms with Gasteiger partial charge in [-0.15, -0.1) is 0 Å². The van der Waals surface area contributed by atoms with Gasteiger partial charge in [0.1, 0.15) is 0 Å². The fourth-order valence-corrected chi connectivity index (χ4v) is 4.11. The van der Waals surface area contributed by atoms with E-state index in [4.69, 9.17) is 5.73 Å². The summed E-state index contributed by atoms with van der Waals surface area (Å²) in [7, 11) is 0. The Morgan fingerprint density at radius 1 is 1.06 bits per heavy atom. The van der Waals surface area contributed by atoms with Crippen LogP contribution in [0.2, 0.25) is 0 Å². The lowest BCUT2D eigenvalue weighted by atomic mass is 9.77. The fourth-order valence-electron chi connectivity index (χ4n) is 4.11. The van der Waals surface area contributed by atoms with E-state index in [-0.39, 0.29) is 0 Å². The second-order valence-electron chi connectivity index (χ2n) is 6.75. The highest BCUT2D eigenvalue weighted by atomic mass is 15.2. The van der Waals surface area contributed by atoms with Crippen molar-refractivity contribution >= 4 is 0 Å². The Bertz CT molecular complexity index is 237. The van der Waals surface area contributed by atoms with Gasteiger partial charge in [-0.3, -0.25) is 4.90 Å². The average Bonchev–Trinajstić information content (AvgIpc) is 2.37. The van der Waals surface area contributed by atoms with Crippen molar-refractivity contribution in [2.24, 2.45) is 11.7 Å². The van der Waals surface area contributed by atoms with Gasteiger partial charge in [0.15, 0.2) is 0 Å². The number of likely N-dealkylation sites (tertiary alicyclic amines) is 1. The first kappa shape index (κ1) is 14.3. The van der Waals surface area contributed by atoms with E-state index in [1.165, 1.54) is 64.3 Å². The molecule has 0 bridgehead atoms. The molecule has 1 aliphatic carbocycles. The van der Waals surface area contributed by atoms with Gasteiger partial charge in [0.05, 0.1) is 0 Å². The summed E-state index contributed by atoms with van der Waals surface area (Å²) in [6.07, 6.45) is 12.6. The molecule has 0 amide bonds. The predicted molar refractivity (Wildman–Crippen MR) is 78.6 cm³/mol. The summed E-state index contributed by atoms with van der Waals surface area (Å²) in [5.41, 5.74) is 5.85. The molecule has 1 aliphatic heterocycles. The van der Waals surface area contributed by atoms with Gasteiger partial charge in [0, 0.05) is 18.1 Å². The summed E-state index contributed by atoms with van der Waals surface area (Å²) in [5, 5.41) is 0. The van der Waals surface area contributed by atoms with E-state index in [1.54, 1.807) is 0 Å². The quantitative estimate of drug-likeness (QED) is 0.811. The third-order valence-corrected chi connectivity index (χ3v) is 5.13. The molecule has 0 aromatic carbocycles. The molecular formula is C16H32N2. The van der Waals surface area contributed by atoms with Crippen molar-refractivity contribution in [1.29, 1.82) is 0 Å². The van der Waals surface area contributed by atoms with Crippen molar-refractivity contribution in [2.45, 2.75) is 89.8 Å². The predicted octanol–water partition coefficient (Wildman–Crippen LogP) is 3.55. The zero-order chi connectivity index (χ0) is 13.0. The zero-order valence-corrected chi connectivity index (χ0v) is 12.4. The van der Waals surface area contributed by atoms with Gasteiger partial charge in [-0.05, 0) is 64.8 Å². The van der Waals surface area contributed by atoms with Gasteiger partial charge in [-0.2, -0.15) is 0 Å². The first-order valence-corrected chi connectivity index (χ1v) is 8.20. The fraction of sp³-hybridized carbons (Fsp3) is 1.00. The Kier molecular flexibility index (Phi) is 5.50. The lowest BCUT2D eigenvalue weighted by Gasteiger charge is -2.47. The van der Waals surface area contributed by atoms with Crippen LogP contribution in [-0.4, -0.2) is 29.6 Å². The molecule has 2 aliphatic rings. The summed E-state index contributed by atoms with van der Waals surface area (Å²) in [6.45, 7) is 5.92. The Morgan fingerprint density at radius 3 is 2.56 bits per heavy atom. The maximum atomic E-state index is 5.85. The largest absolute Gasteiger partial charge is 0.328 e. The first-order valence-electron chi connectivity index (χ1n) is 8.20. The molecule has 18 heavy (non-hydrogen) atoms. The van der Waals surface area contributed by atoms with Crippen LogP contribution in [0.5, 0.6) is 0 Å². The number of fused-ring (bicyclic) bond motifs is 1. The lowest BCUT2D eigenvalue weighted by Crippen LogP contribution is -2.50. The molecule has 2 rings (SSSR count). The van der Waals surface area contributed by atoms with E-state index >= 15 is 0 Å². The molecule has 0 spiro atoms. The summed E-state index contributed by atoms with van der Waals surface area (Å²) in [5.74, 6) is 1.02. The molecule has 2 nitrogen and oxygen atoms in total. The number of nitrogens with two attached hydrogens (primary N) is 1. The van der Waals surface area contributed by atoms with Gasteiger partial charge in [-0.25, -0.2) is 0 Å². The Hall–Kier alpha value is -0.0800. The summed E-state index contributed by atoms with van der Waals surface area (Å²) in [6, 6.07) is 2.06. The Labute approximate surface area is 113 Å². The number of rotatable bonds is 5. The van der Waals surface area contributed by atoms with Crippen molar-refractivity contribution in [3.8, 4) is 0 Å². The van der Waals surface area contributed by atoms with E-state index in [9.17, 15) is 0 Å². The molecule has 2 fully saturated rings. The standard InChI is InChI=1S/C16H32N2/c1-13(17)7-5-8-14(2)18-12-6-10-15-9-3-4-11-16(15)18/h13-16H,3-12,17H2,1-2H3/t13?,14-,15?,16?/m1/s1. The van der Waals surface area contributed by atoms with Gasteiger partial charge >= 0.3 is 0 Å². The average molecular weight is 252 g/mol. The number of hydrogen-bond acceptors (Lipinski definition) is 2. The number of piperidine rings is 1. The van der Waals surface area contributed by atoms with Crippen LogP contribution in [0.1, 0.15) is 71.6 Å². The van der Waals surface area contributed by atoms with Crippen LogP contribution in [0, 0.1) is 5.92 Å². The van der Waals surface area contributed by atoms with Crippen LogP contribution >= 0.6 is 0 Å². The highest BCUT2D eigenvalue weighted by molar-refractivity contribution is 4.89. The van der Waals surface area contributed by atoms with Crippen molar-refractivity contribution in [2.75, 3.05) is 6.54 Å². The maximum absolute atomic E-state index is 5.85. The van der Waals surface area contributed by atoms with Crippen LogP contribution in [-0.2, 0) is 0 Å². The molecule has 1 saturated carbocycles. The molecule has 0 aromatic rings. The van der Waals surface area contributed by atoms with E-state index in [1.807, 2.05) is 0 Å². The number of hydrogen-bond donors (Lipinski definition) is 1. The molecular weight excluding hydrogens is 220 g/mol. The van der Waals surface area contributed by atoms with Crippen LogP contribution in [0.3, 0.4) is 0 Å². The second kappa shape index (κ2) is 6.91. The van der Waals surface area contributed by atoms with Crippen LogP contribution < -0.4 is 5.73 Å². The summed E-state index contributed by atoms with van der Waals surface area (Å²) < 4.78 is 0. The van der Waals surface area contributed by atoms with Crippen molar-refractivity contribution < 1.29 is 0 Å². The molecule has 1 heterocycles. The van der Waals surface area contributed by atoms with Crippen molar-refractivity contribution in [3.05, 3.63) is 0 Å². The molecule has 106 valence electrons. The smallest absolute Gasteiger partial charge is 0.0126 e. The molecule has 0 radical (unpaired) electrons. The maximum Gasteiger partial charge on any atom is 0.0126 e. The summed E-state index contributed by atoms with van der Waals surface area (Å²) >= 11 is 0. The van der Waals surface area contributed by atoms with E-state index in [0.29, 0.717) is 6.04 Å². The minimum atomic E-state index is 0.376. The zero-order valence-electron chi connectivity index (χ0n) is 12.4. The van der Waals surface area contributed by atoms with Crippen LogP contribution in [0.4, 0.5) is 0 Å².